The number of anilines is 2. The minimum atomic E-state index is -0.421. The number of aromatic nitrogens is 1. The zero-order valence-electron chi connectivity index (χ0n) is 19.5. The first-order valence-corrected chi connectivity index (χ1v) is 13.0. The summed E-state index contributed by atoms with van der Waals surface area (Å²) in [5.41, 5.74) is 9.95. The number of nitrogen functional groups attached to an aromatic ring is 1. The number of benzene rings is 1. The number of carbonyl (C=O) groups excluding carboxylic acids is 2. The van der Waals surface area contributed by atoms with Gasteiger partial charge in [0, 0.05) is 15.8 Å². The largest absolute Gasteiger partial charge is 0.497 e. The molecule has 3 aromatic heterocycles. The van der Waals surface area contributed by atoms with Gasteiger partial charge in [0.25, 0.3) is 5.91 Å². The van der Waals surface area contributed by atoms with Crippen LogP contribution in [0.3, 0.4) is 0 Å². The van der Waals surface area contributed by atoms with Crippen LogP contribution in [0.4, 0.5) is 10.7 Å². The molecule has 0 spiro atoms. The number of aryl methyl sites for hydroxylation is 1. The van der Waals surface area contributed by atoms with E-state index in [1.165, 1.54) is 29.8 Å². The molecule has 35 heavy (non-hydrogen) atoms. The van der Waals surface area contributed by atoms with Gasteiger partial charge in [-0.1, -0.05) is 6.42 Å². The Morgan fingerprint density at radius 2 is 1.77 bits per heavy atom. The summed E-state index contributed by atoms with van der Waals surface area (Å²) in [6, 6.07) is 11.4. The Kier molecular flexibility index (Phi) is 6.44. The molecule has 7 nitrogen and oxygen atoms in total. The molecule has 0 radical (unpaired) electrons. The number of pyridine rings is 1. The number of hydrogen-bond donors (Lipinski definition) is 2. The number of nitrogens with two attached hydrogens (primary N) is 1. The highest BCUT2D eigenvalue weighted by Crippen LogP contribution is 2.40. The Morgan fingerprint density at radius 3 is 2.51 bits per heavy atom. The molecule has 1 amide bonds. The number of methoxy groups -OCH3 is 2. The van der Waals surface area contributed by atoms with Gasteiger partial charge in [0.2, 0.25) is 0 Å². The quantitative estimate of drug-likeness (QED) is 0.257. The van der Waals surface area contributed by atoms with Crippen LogP contribution in [0.5, 0.6) is 5.75 Å². The molecular formula is C26H25N3O4S2. The molecule has 9 heteroatoms. The number of hydrogen-bond acceptors (Lipinski definition) is 8. The molecule has 0 saturated carbocycles. The summed E-state index contributed by atoms with van der Waals surface area (Å²) < 4.78 is 10.3. The fourth-order valence-electron chi connectivity index (χ4n) is 4.40. The second-order valence-electron chi connectivity index (χ2n) is 8.34. The summed E-state index contributed by atoms with van der Waals surface area (Å²) in [5.74, 6) is -0.000713. The van der Waals surface area contributed by atoms with Gasteiger partial charge in [0.1, 0.15) is 20.5 Å². The predicted octanol–water partition coefficient (Wildman–Crippen LogP) is 5.92. The number of ether oxygens (including phenoxy) is 2. The maximum absolute atomic E-state index is 13.3. The van der Waals surface area contributed by atoms with E-state index in [4.69, 9.17) is 20.2 Å². The third-order valence-electron chi connectivity index (χ3n) is 6.22. The minimum Gasteiger partial charge on any atom is -0.497 e. The first-order valence-electron chi connectivity index (χ1n) is 11.4. The molecule has 1 aromatic carbocycles. The molecule has 0 atom stereocenters. The zero-order valence-corrected chi connectivity index (χ0v) is 21.1. The molecule has 1 aliphatic carbocycles. The van der Waals surface area contributed by atoms with Gasteiger partial charge in [-0.2, -0.15) is 0 Å². The lowest BCUT2D eigenvalue weighted by Crippen LogP contribution is -2.14. The second kappa shape index (κ2) is 9.67. The number of amides is 1. The van der Waals surface area contributed by atoms with Crippen LogP contribution in [0.15, 0.2) is 36.4 Å². The lowest BCUT2D eigenvalue weighted by Gasteiger charge is -2.07. The number of rotatable bonds is 5. The smallest absolute Gasteiger partial charge is 0.341 e. The van der Waals surface area contributed by atoms with Crippen LogP contribution in [-0.2, 0) is 17.6 Å². The highest BCUT2D eigenvalue weighted by atomic mass is 32.1. The van der Waals surface area contributed by atoms with Crippen molar-refractivity contribution in [1.29, 1.82) is 0 Å². The summed E-state index contributed by atoms with van der Waals surface area (Å²) in [6.07, 6.45) is 4.95. The van der Waals surface area contributed by atoms with Crippen molar-refractivity contribution in [3.63, 3.8) is 0 Å². The van der Waals surface area contributed by atoms with Gasteiger partial charge < -0.3 is 20.5 Å². The van der Waals surface area contributed by atoms with Gasteiger partial charge in [-0.05, 0) is 67.6 Å². The van der Waals surface area contributed by atoms with Crippen molar-refractivity contribution in [1.82, 2.24) is 4.98 Å². The van der Waals surface area contributed by atoms with E-state index in [2.05, 4.69) is 5.32 Å². The number of thiophene rings is 2. The zero-order chi connectivity index (χ0) is 24.5. The van der Waals surface area contributed by atoms with Gasteiger partial charge in [0.05, 0.1) is 31.2 Å². The Hall–Kier alpha value is -3.43. The second-order valence-corrected chi connectivity index (χ2v) is 10.4. The Balaban J connectivity index is 1.47. The van der Waals surface area contributed by atoms with E-state index in [1.807, 2.05) is 36.4 Å². The molecule has 3 heterocycles. The van der Waals surface area contributed by atoms with Gasteiger partial charge >= 0.3 is 5.97 Å². The van der Waals surface area contributed by atoms with Crippen molar-refractivity contribution < 1.29 is 19.1 Å². The fraction of sp³-hybridized carbons (Fsp3) is 0.269. The van der Waals surface area contributed by atoms with Crippen LogP contribution >= 0.6 is 22.7 Å². The molecule has 0 bridgehead atoms. The normalized spacial score (nSPS) is 13.2. The van der Waals surface area contributed by atoms with Crippen molar-refractivity contribution in [2.24, 2.45) is 0 Å². The van der Waals surface area contributed by atoms with Crippen LogP contribution < -0.4 is 15.8 Å². The monoisotopic (exact) mass is 507 g/mol. The highest BCUT2D eigenvalue weighted by Gasteiger charge is 2.27. The molecule has 3 N–H and O–H groups in total. The van der Waals surface area contributed by atoms with E-state index < -0.39 is 5.97 Å². The Labute approximate surface area is 210 Å². The topological polar surface area (TPSA) is 104 Å². The lowest BCUT2D eigenvalue weighted by molar-refractivity contribution is 0.0601. The van der Waals surface area contributed by atoms with Crippen LogP contribution in [-0.4, -0.2) is 31.1 Å². The number of carbonyl (C=O) groups is 2. The van der Waals surface area contributed by atoms with Gasteiger partial charge in [0.15, 0.2) is 0 Å². The summed E-state index contributed by atoms with van der Waals surface area (Å²) in [4.78, 5) is 32.9. The minimum absolute atomic E-state index is 0.349. The Bertz CT molecular complexity index is 1420. The van der Waals surface area contributed by atoms with E-state index in [1.54, 1.807) is 7.11 Å². The van der Waals surface area contributed by atoms with Gasteiger partial charge in [-0.15, -0.1) is 22.7 Å². The van der Waals surface area contributed by atoms with Crippen LogP contribution in [0.25, 0.3) is 21.5 Å². The molecule has 180 valence electrons. The molecule has 0 saturated heterocycles. The summed E-state index contributed by atoms with van der Waals surface area (Å²) in [5, 5.41) is 4.20. The summed E-state index contributed by atoms with van der Waals surface area (Å²) in [7, 11) is 2.99. The molecular weight excluding hydrogens is 482 g/mol. The lowest BCUT2D eigenvalue weighted by atomic mass is 10.1. The average Bonchev–Trinajstić information content (AvgIpc) is 3.30. The number of fused-ring (bicyclic) bond motifs is 2. The fourth-order valence-corrected chi connectivity index (χ4v) is 6.66. The SMILES string of the molecule is COC(=O)c1c(NC(=O)c2sc3nc(-c4ccc(OC)cc4)ccc3c2N)sc2c1CCCCC2. The average molecular weight is 508 g/mol. The van der Waals surface area contributed by atoms with E-state index in [-0.39, 0.29) is 5.91 Å². The molecule has 4 aromatic rings. The van der Waals surface area contributed by atoms with Crippen molar-refractivity contribution in [2.75, 3.05) is 25.3 Å². The van der Waals surface area contributed by atoms with Crippen molar-refractivity contribution in [3.05, 3.63) is 57.3 Å². The van der Waals surface area contributed by atoms with Gasteiger partial charge in [-0.3, -0.25) is 4.79 Å². The third kappa shape index (κ3) is 4.37. The maximum atomic E-state index is 13.3. The van der Waals surface area contributed by atoms with E-state index in [9.17, 15) is 9.59 Å². The predicted molar refractivity (Wildman–Crippen MR) is 141 cm³/mol. The number of nitrogens with zero attached hydrogens (tertiary/aromatic N) is 1. The molecule has 1 aliphatic rings. The van der Waals surface area contributed by atoms with Gasteiger partial charge in [-0.25, -0.2) is 9.78 Å². The van der Waals surface area contributed by atoms with E-state index >= 15 is 0 Å². The number of esters is 1. The first kappa shape index (κ1) is 23.3. The molecule has 0 aliphatic heterocycles. The van der Waals surface area contributed by atoms with E-state index in [0.29, 0.717) is 26.0 Å². The first-order chi connectivity index (χ1) is 17.0. The van der Waals surface area contributed by atoms with Crippen molar-refractivity contribution in [3.8, 4) is 17.0 Å². The maximum Gasteiger partial charge on any atom is 0.341 e. The molecule has 0 fully saturated rings. The Morgan fingerprint density at radius 1 is 1.00 bits per heavy atom. The third-order valence-corrected chi connectivity index (χ3v) is 8.54. The highest BCUT2D eigenvalue weighted by molar-refractivity contribution is 7.21. The molecule has 5 rings (SSSR count). The standard InChI is InChI=1S/C26H25N3O4S2/c1-32-15-10-8-14(9-11-15)18-13-12-17-21(27)22(35-24(17)28-18)23(30)29-25-20(26(31)33-2)16-6-4-3-5-7-19(16)34-25/h8-13H,3-7,27H2,1-2H3,(H,29,30). The number of nitrogens with one attached hydrogen (secondary N) is 1. The van der Waals surface area contributed by atoms with Crippen molar-refractivity contribution in [2.45, 2.75) is 32.1 Å². The van der Waals surface area contributed by atoms with E-state index in [0.717, 1.165) is 64.9 Å². The molecule has 0 unspecified atom stereocenters. The van der Waals surface area contributed by atoms with Crippen LogP contribution in [0.2, 0.25) is 0 Å². The van der Waals surface area contributed by atoms with Crippen LogP contribution in [0, 0.1) is 0 Å². The van der Waals surface area contributed by atoms with Crippen LogP contribution in [0.1, 0.15) is 49.7 Å². The van der Waals surface area contributed by atoms with Crippen molar-refractivity contribution >= 4 is 55.5 Å². The summed E-state index contributed by atoms with van der Waals surface area (Å²) in [6.45, 7) is 0. The summed E-state index contributed by atoms with van der Waals surface area (Å²) >= 11 is 2.70.